The fourth-order valence-corrected chi connectivity index (χ4v) is 4.26. The number of carbonyl (C=O) groups excluding carboxylic acids is 1. The van der Waals surface area contributed by atoms with Gasteiger partial charge in [-0.2, -0.15) is 5.26 Å². The van der Waals surface area contributed by atoms with Crippen LogP contribution < -0.4 is 9.47 Å². The van der Waals surface area contributed by atoms with Gasteiger partial charge >= 0.3 is 0 Å². The van der Waals surface area contributed by atoms with E-state index in [0.717, 1.165) is 24.9 Å². The molecule has 5 nitrogen and oxygen atoms in total. The molecule has 23 heavy (non-hydrogen) atoms. The fraction of sp³-hybridized carbons (Fsp3) is 0.556. The Morgan fingerprint density at radius 2 is 2.09 bits per heavy atom. The van der Waals surface area contributed by atoms with E-state index in [1.807, 2.05) is 12.1 Å². The van der Waals surface area contributed by atoms with Crippen molar-refractivity contribution in [2.45, 2.75) is 37.1 Å². The van der Waals surface area contributed by atoms with E-state index in [1.54, 1.807) is 14.2 Å². The Balaban J connectivity index is 2.13. The maximum atomic E-state index is 11.9. The number of rotatable bonds is 3. The van der Waals surface area contributed by atoms with Gasteiger partial charge in [0.05, 0.1) is 19.8 Å². The predicted octanol–water partition coefficient (Wildman–Crippen LogP) is 2.27. The molecule has 1 aromatic carbocycles. The number of likely N-dealkylation sites (tertiary alicyclic amines) is 1. The molecule has 5 heteroatoms. The minimum absolute atomic E-state index is 0.0756. The van der Waals surface area contributed by atoms with Gasteiger partial charge in [0.25, 0.3) is 0 Å². The predicted molar refractivity (Wildman–Crippen MR) is 85.8 cm³/mol. The molecule has 2 atom stereocenters. The van der Waals surface area contributed by atoms with Gasteiger partial charge in [0.2, 0.25) is 0 Å². The van der Waals surface area contributed by atoms with E-state index in [2.05, 4.69) is 18.0 Å². The Hall–Kier alpha value is -2.06. The highest BCUT2D eigenvalue weighted by molar-refractivity contribution is 5.81. The van der Waals surface area contributed by atoms with Crippen LogP contribution in [0.4, 0.5) is 0 Å². The Kier molecular flexibility index (Phi) is 4.03. The smallest absolute Gasteiger partial charge is 0.178 e. The van der Waals surface area contributed by atoms with Crippen molar-refractivity contribution in [2.24, 2.45) is 0 Å². The summed E-state index contributed by atoms with van der Waals surface area (Å²) in [5.74, 6) is 1.39. The lowest BCUT2D eigenvalue weighted by Gasteiger charge is -2.41. The zero-order valence-corrected chi connectivity index (χ0v) is 13.9. The summed E-state index contributed by atoms with van der Waals surface area (Å²) in [5, 5.41) is 9.47. The van der Waals surface area contributed by atoms with E-state index in [1.165, 1.54) is 0 Å². The van der Waals surface area contributed by atoms with Crippen LogP contribution in [0.25, 0.3) is 0 Å². The number of hydrogen-bond donors (Lipinski definition) is 0. The van der Waals surface area contributed by atoms with Crippen LogP contribution in [-0.4, -0.2) is 44.5 Å². The van der Waals surface area contributed by atoms with Crippen LogP contribution in [0.15, 0.2) is 12.1 Å². The molecule has 1 aromatic rings. The van der Waals surface area contributed by atoms with E-state index in [9.17, 15) is 10.1 Å². The van der Waals surface area contributed by atoms with Crippen molar-refractivity contribution in [2.75, 3.05) is 27.8 Å². The first-order chi connectivity index (χ1) is 11.1. The number of carbonyl (C=O) groups is 1. The molecule has 0 radical (unpaired) electrons. The van der Waals surface area contributed by atoms with Crippen LogP contribution in [0.3, 0.4) is 0 Å². The Labute approximate surface area is 136 Å². The summed E-state index contributed by atoms with van der Waals surface area (Å²) in [6, 6.07) is 6.32. The monoisotopic (exact) mass is 314 g/mol. The molecule has 122 valence electrons. The summed E-state index contributed by atoms with van der Waals surface area (Å²) in [7, 11) is 5.21. The number of ether oxygens (including phenoxy) is 2. The second-order valence-corrected chi connectivity index (χ2v) is 6.52. The van der Waals surface area contributed by atoms with Gasteiger partial charge in [-0.25, -0.2) is 0 Å². The Morgan fingerprint density at radius 3 is 2.74 bits per heavy atom. The highest BCUT2D eigenvalue weighted by Gasteiger charge is 2.50. The summed E-state index contributed by atoms with van der Waals surface area (Å²) in [6.45, 7) is 0.966. The minimum Gasteiger partial charge on any atom is -0.493 e. The Morgan fingerprint density at radius 1 is 1.30 bits per heavy atom. The van der Waals surface area contributed by atoms with Crippen LogP contribution in [0.1, 0.15) is 36.8 Å². The largest absolute Gasteiger partial charge is 0.493 e. The van der Waals surface area contributed by atoms with Crippen molar-refractivity contribution in [1.82, 2.24) is 4.90 Å². The molecule has 0 amide bonds. The van der Waals surface area contributed by atoms with Crippen LogP contribution in [0.5, 0.6) is 11.5 Å². The zero-order valence-electron chi connectivity index (χ0n) is 13.9. The first-order valence-corrected chi connectivity index (χ1v) is 7.94. The normalized spacial score (nSPS) is 27.4. The molecule has 0 aromatic heterocycles. The summed E-state index contributed by atoms with van der Waals surface area (Å²) in [6.07, 6.45) is 3.04. The molecule has 3 rings (SSSR count). The van der Waals surface area contributed by atoms with E-state index in [0.29, 0.717) is 35.7 Å². The second-order valence-electron chi connectivity index (χ2n) is 6.52. The number of Topliss-reactive ketones (excluding diaryl/α,β-unsaturated/α-hetero) is 1. The van der Waals surface area contributed by atoms with Gasteiger partial charge < -0.3 is 14.4 Å². The minimum atomic E-state index is -0.0756. The molecule has 1 aliphatic carbocycles. The summed E-state index contributed by atoms with van der Waals surface area (Å²) in [4.78, 5) is 14.2. The van der Waals surface area contributed by atoms with E-state index < -0.39 is 0 Å². The van der Waals surface area contributed by atoms with Crippen LogP contribution in [0.2, 0.25) is 0 Å². The number of ketones is 1. The lowest BCUT2D eigenvalue weighted by Crippen LogP contribution is -2.46. The van der Waals surface area contributed by atoms with Gasteiger partial charge in [-0.05, 0) is 44.1 Å². The molecule has 1 aliphatic heterocycles. The van der Waals surface area contributed by atoms with Crippen molar-refractivity contribution in [3.63, 3.8) is 0 Å². The average Bonchev–Trinajstić information content (AvgIpc) is 2.91. The van der Waals surface area contributed by atoms with Gasteiger partial charge in [0.15, 0.2) is 11.5 Å². The molecule has 0 unspecified atom stereocenters. The highest BCUT2D eigenvalue weighted by atomic mass is 16.5. The Bertz CT molecular complexity index is 680. The first-order valence-electron chi connectivity index (χ1n) is 7.94. The van der Waals surface area contributed by atoms with Gasteiger partial charge in [0, 0.05) is 24.3 Å². The van der Waals surface area contributed by atoms with Crippen molar-refractivity contribution >= 4 is 5.78 Å². The third-order valence-electron chi connectivity index (χ3n) is 5.53. The van der Waals surface area contributed by atoms with Gasteiger partial charge in [0.1, 0.15) is 11.9 Å². The number of methoxy groups -OCH3 is 2. The molecular formula is C18H22N2O3. The van der Waals surface area contributed by atoms with Gasteiger partial charge in [-0.1, -0.05) is 0 Å². The van der Waals surface area contributed by atoms with Crippen molar-refractivity contribution < 1.29 is 14.3 Å². The van der Waals surface area contributed by atoms with E-state index >= 15 is 0 Å². The van der Waals surface area contributed by atoms with Crippen molar-refractivity contribution in [1.29, 1.82) is 5.26 Å². The van der Waals surface area contributed by atoms with E-state index in [-0.39, 0.29) is 11.5 Å². The van der Waals surface area contributed by atoms with Crippen molar-refractivity contribution in [3.05, 3.63) is 23.3 Å². The molecule has 0 spiro atoms. The topological polar surface area (TPSA) is 62.6 Å². The first kappa shape index (κ1) is 15.8. The number of nitrogens with zero attached hydrogens (tertiary/aromatic N) is 2. The molecule has 1 heterocycles. The quantitative estimate of drug-likeness (QED) is 0.856. The SMILES string of the molecule is COc1cc([C@@]23CCC(=O)C[C@@H]2N(C)CC3)cc(C#N)c1OC. The third kappa shape index (κ3) is 2.38. The van der Waals surface area contributed by atoms with Gasteiger partial charge in [-0.3, -0.25) is 4.79 Å². The molecule has 0 N–H and O–H groups in total. The molecule has 1 saturated carbocycles. The number of hydrogen-bond acceptors (Lipinski definition) is 5. The molecular weight excluding hydrogens is 292 g/mol. The summed E-state index contributed by atoms with van der Waals surface area (Å²) in [5.41, 5.74) is 1.50. The lowest BCUT2D eigenvalue weighted by molar-refractivity contribution is -0.122. The zero-order chi connectivity index (χ0) is 16.6. The maximum absolute atomic E-state index is 11.9. The van der Waals surface area contributed by atoms with Crippen LogP contribution in [0, 0.1) is 11.3 Å². The maximum Gasteiger partial charge on any atom is 0.178 e. The van der Waals surface area contributed by atoms with Crippen molar-refractivity contribution in [3.8, 4) is 17.6 Å². The number of benzene rings is 1. The number of likely N-dealkylation sites (N-methyl/N-ethyl adjacent to an activating group) is 1. The fourth-order valence-electron chi connectivity index (χ4n) is 4.26. The number of fused-ring (bicyclic) bond motifs is 1. The standard InChI is InChI=1S/C18H22N2O3/c1-20-7-6-18(5-4-14(21)10-16(18)20)13-8-12(11-19)17(23-3)15(9-13)22-2/h8-9,16H,4-7,10H2,1-3H3/t16-,18-/m0/s1. The van der Waals surface area contributed by atoms with Crippen LogP contribution in [-0.2, 0) is 10.2 Å². The van der Waals surface area contributed by atoms with E-state index in [4.69, 9.17) is 9.47 Å². The molecule has 2 fully saturated rings. The molecule has 2 aliphatic rings. The summed E-state index contributed by atoms with van der Waals surface area (Å²) < 4.78 is 10.8. The van der Waals surface area contributed by atoms with Crippen LogP contribution >= 0.6 is 0 Å². The highest BCUT2D eigenvalue weighted by Crippen LogP contribution is 2.49. The summed E-state index contributed by atoms with van der Waals surface area (Å²) >= 11 is 0. The lowest BCUT2D eigenvalue weighted by atomic mass is 9.65. The second kappa shape index (κ2) is 5.86. The number of nitriles is 1. The third-order valence-corrected chi connectivity index (χ3v) is 5.53. The van der Waals surface area contributed by atoms with Gasteiger partial charge in [-0.15, -0.1) is 0 Å². The molecule has 0 bridgehead atoms. The molecule has 1 saturated heterocycles. The average molecular weight is 314 g/mol.